The van der Waals surface area contributed by atoms with Crippen molar-refractivity contribution in [1.29, 1.82) is 0 Å². The number of phenolic OH excluding ortho intramolecular Hbond substituents is 1. The number of hydrogen-bond donors (Lipinski definition) is 2. The fraction of sp³-hybridized carbons (Fsp3) is 0.200. The summed E-state index contributed by atoms with van der Waals surface area (Å²) in [6.45, 7) is 0.714. The van der Waals surface area contributed by atoms with Gasteiger partial charge in [0.25, 0.3) is 5.91 Å². The molecule has 0 saturated heterocycles. The summed E-state index contributed by atoms with van der Waals surface area (Å²) < 4.78 is 68.8. The molecule has 0 aliphatic carbocycles. The Hall–Kier alpha value is -4.15. The molecule has 1 aliphatic heterocycles. The highest BCUT2D eigenvalue weighted by atomic mass is 19.2. The molecule has 0 saturated carbocycles. The molecule has 3 amide bonds. The Kier molecular flexibility index (Phi) is 6.57. The minimum atomic E-state index is -1.16. The number of anilines is 1. The van der Waals surface area contributed by atoms with Crippen LogP contribution in [0.3, 0.4) is 0 Å². The molecule has 3 aromatic carbocycles. The molecule has 1 heterocycles. The molecular weight excluding hydrogens is 485 g/mol. The van der Waals surface area contributed by atoms with Gasteiger partial charge < -0.3 is 15.3 Å². The minimum Gasteiger partial charge on any atom is -0.507 e. The monoisotopic (exact) mass is 505 g/mol. The average Bonchev–Trinajstić information content (AvgIpc) is 2.80. The van der Waals surface area contributed by atoms with Gasteiger partial charge in [-0.05, 0) is 24.6 Å². The third-order valence-electron chi connectivity index (χ3n) is 6.13. The zero-order chi connectivity index (χ0) is 26.3. The standard InChI is InChI=1S/C25H20F5N3O3/c1-12-16-4-3-13(24(35)31-10-17-19(28)6-14(26)7-20(17)29)5-22(16)33(25(36)32(12)2)11-18-21(30)8-15(27)9-23(18)34/h3-9,12,34H,10-11H2,1-2H3,(H,31,35)/t12-/m0/s1. The summed E-state index contributed by atoms with van der Waals surface area (Å²) in [5.41, 5.74) is 0.00891. The first-order valence-corrected chi connectivity index (χ1v) is 10.7. The van der Waals surface area contributed by atoms with Crippen LogP contribution < -0.4 is 10.2 Å². The van der Waals surface area contributed by atoms with Crippen LogP contribution in [0, 0.1) is 29.1 Å². The number of urea groups is 1. The molecule has 1 atom stereocenters. The third kappa shape index (κ3) is 4.56. The number of nitrogens with zero attached hydrogens (tertiary/aromatic N) is 2. The second kappa shape index (κ2) is 9.48. The van der Waals surface area contributed by atoms with Crippen molar-refractivity contribution < 1.29 is 36.6 Å². The van der Waals surface area contributed by atoms with Crippen molar-refractivity contribution in [2.75, 3.05) is 11.9 Å². The number of nitrogens with one attached hydrogen (secondary N) is 1. The van der Waals surface area contributed by atoms with Crippen molar-refractivity contribution in [3.8, 4) is 5.75 Å². The highest BCUT2D eigenvalue weighted by Crippen LogP contribution is 2.38. The largest absolute Gasteiger partial charge is 0.507 e. The summed E-state index contributed by atoms with van der Waals surface area (Å²) in [5.74, 6) is -6.88. The molecule has 36 heavy (non-hydrogen) atoms. The Bertz CT molecular complexity index is 1340. The van der Waals surface area contributed by atoms with E-state index in [1.807, 2.05) is 0 Å². The van der Waals surface area contributed by atoms with Gasteiger partial charge in [0.2, 0.25) is 0 Å². The first-order chi connectivity index (χ1) is 17.0. The van der Waals surface area contributed by atoms with E-state index in [0.717, 1.165) is 11.0 Å². The predicted molar refractivity (Wildman–Crippen MR) is 120 cm³/mol. The van der Waals surface area contributed by atoms with Gasteiger partial charge in [0.15, 0.2) is 0 Å². The van der Waals surface area contributed by atoms with E-state index in [4.69, 9.17) is 0 Å². The SMILES string of the molecule is C[C@H]1c2ccc(C(=O)NCc3c(F)cc(F)cc3F)cc2N(Cc2c(O)cc(F)cc2F)C(=O)N1C. The van der Waals surface area contributed by atoms with Crippen LogP contribution in [0.15, 0.2) is 42.5 Å². The van der Waals surface area contributed by atoms with E-state index in [9.17, 15) is 36.6 Å². The van der Waals surface area contributed by atoms with Gasteiger partial charge in [0.05, 0.1) is 18.3 Å². The molecule has 0 bridgehead atoms. The summed E-state index contributed by atoms with van der Waals surface area (Å²) in [7, 11) is 1.52. The number of hydrogen-bond acceptors (Lipinski definition) is 3. The molecule has 0 aromatic heterocycles. The number of carbonyl (C=O) groups is 2. The van der Waals surface area contributed by atoms with Gasteiger partial charge in [-0.25, -0.2) is 26.7 Å². The molecule has 188 valence electrons. The fourth-order valence-corrected chi connectivity index (χ4v) is 4.01. The lowest BCUT2D eigenvalue weighted by molar-refractivity contribution is 0.0950. The summed E-state index contributed by atoms with van der Waals surface area (Å²) >= 11 is 0. The predicted octanol–water partition coefficient (Wildman–Crippen LogP) is 5.15. The maximum absolute atomic E-state index is 14.4. The van der Waals surface area contributed by atoms with Gasteiger partial charge in [0.1, 0.15) is 34.8 Å². The van der Waals surface area contributed by atoms with Crippen LogP contribution in [0.4, 0.5) is 32.4 Å². The smallest absolute Gasteiger partial charge is 0.325 e. The first kappa shape index (κ1) is 25.0. The van der Waals surface area contributed by atoms with E-state index in [1.54, 1.807) is 13.0 Å². The summed E-state index contributed by atoms with van der Waals surface area (Å²) in [6.07, 6.45) is 0. The van der Waals surface area contributed by atoms with Crippen molar-refractivity contribution in [2.45, 2.75) is 26.1 Å². The molecule has 3 aromatic rings. The van der Waals surface area contributed by atoms with Crippen molar-refractivity contribution in [1.82, 2.24) is 10.2 Å². The average molecular weight is 505 g/mol. The normalized spacial score (nSPS) is 15.2. The van der Waals surface area contributed by atoms with Gasteiger partial charge in [-0.1, -0.05) is 6.07 Å². The Balaban J connectivity index is 1.66. The molecule has 4 rings (SSSR count). The molecule has 0 radical (unpaired) electrons. The Morgan fingerprint density at radius 3 is 2.14 bits per heavy atom. The minimum absolute atomic E-state index is 0.0232. The van der Waals surface area contributed by atoms with E-state index >= 15 is 0 Å². The number of benzene rings is 3. The van der Waals surface area contributed by atoms with Gasteiger partial charge in [-0.2, -0.15) is 0 Å². The lowest BCUT2D eigenvalue weighted by Gasteiger charge is -2.39. The van der Waals surface area contributed by atoms with Gasteiger partial charge in [0, 0.05) is 54.5 Å². The molecular formula is C25H20F5N3O3. The van der Waals surface area contributed by atoms with E-state index in [1.165, 1.54) is 24.1 Å². The number of halogens is 5. The van der Waals surface area contributed by atoms with Crippen LogP contribution in [0.25, 0.3) is 0 Å². The third-order valence-corrected chi connectivity index (χ3v) is 6.13. The maximum atomic E-state index is 14.4. The van der Waals surface area contributed by atoms with Gasteiger partial charge in [-0.3, -0.25) is 9.69 Å². The van der Waals surface area contributed by atoms with Crippen molar-refractivity contribution in [3.63, 3.8) is 0 Å². The highest BCUT2D eigenvalue weighted by molar-refractivity contribution is 5.99. The maximum Gasteiger partial charge on any atom is 0.325 e. The highest BCUT2D eigenvalue weighted by Gasteiger charge is 2.34. The van der Waals surface area contributed by atoms with Crippen LogP contribution in [0.5, 0.6) is 5.75 Å². The van der Waals surface area contributed by atoms with E-state index in [2.05, 4.69) is 5.32 Å². The van der Waals surface area contributed by atoms with Crippen LogP contribution in [-0.4, -0.2) is 29.0 Å². The number of phenols is 1. The molecule has 0 unspecified atom stereocenters. The molecule has 1 aliphatic rings. The van der Waals surface area contributed by atoms with Crippen molar-refractivity contribution in [3.05, 3.63) is 93.8 Å². The zero-order valence-electron chi connectivity index (χ0n) is 19.1. The summed E-state index contributed by atoms with van der Waals surface area (Å²) in [6, 6.07) is 5.67. The van der Waals surface area contributed by atoms with Gasteiger partial charge in [-0.15, -0.1) is 0 Å². The van der Waals surface area contributed by atoms with E-state index in [0.29, 0.717) is 23.8 Å². The van der Waals surface area contributed by atoms with Crippen LogP contribution >= 0.6 is 0 Å². The Labute approximate surface area is 202 Å². The van der Waals surface area contributed by atoms with Crippen molar-refractivity contribution in [2.24, 2.45) is 0 Å². The lowest BCUT2D eigenvalue weighted by Crippen LogP contribution is -2.46. The number of aromatic hydroxyl groups is 1. The molecule has 0 spiro atoms. The quantitative estimate of drug-likeness (QED) is 0.471. The molecule has 2 N–H and O–H groups in total. The Morgan fingerprint density at radius 1 is 0.944 bits per heavy atom. The number of carbonyl (C=O) groups excluding carboxylic acids is 2. The lowest BCUT2D eigenvalue weighted by atomic mass is 9.98. The van der Waals surface area contributed by atoms with E-state index < -0.39 is 71.5 Å². The van der Waals surface area contributed by atoms with E-state index in [-0.39, 0.29) is 16.8 Å². The summed E-state index contributed by atoms with van der Waals surface area (Å²) in [4.78, 5) is 28.3. The van der Waals surface area contributed by atoms with Crippen LogP contribution in [0.1, 0.15) is 40.0 Å². The number of fused-ring (bicyclic) bond motifs is 1. The fourth-order valence-electron chi connectivity index (χ4n) is 4.01. The Morgan fingerprint density at radius 2 is 1.53 bits per heavy atom. The number of rotatable bonds is 5. The topological polar surface area (TPSA) is 72.9 Å². The molecule has 11 heteroatoms. The zero-order valence-corrected chi connectivity index (χ0v) is 19.1. The van der Waals surface area contributed by atoms with Crippen molar-refractivity contribution >= 4 is 17.6 Å². The summed E-state index contributed by atoms with van der Waals surface area (Å²) in [5, 5.41) is 12.4. The van der Waals surface area contributed by atoms with Crippen LogP contribution in [0.2, 0.25) is 0 Å². The number of amides is 3. The molecule has 6 nitrogen and oxygen atoms in total. The van der Waals surface area contributed by atoms with Crippen LogP contribution in [-0.2, 0) is 13.1 Å². The second-order valence-electron chi connectivity index (χ2n) is 8.35. The molecule has 0 fully saturated rings. The van der Waals surface area contributed by atoms with Gasteiger partial charge >= 0.3 is 6.03 Å². The second-order valence-corrected chi connectivity index (χ2v) is 8.35. The first-order valence-electron chi connectivity index (χ1n) is 10.7.